The highest BCUT2D eigenvalue weighted by Crippen LogP contribution is 2.34. The topological polar surface area (TPSA) is 70.2 Å². The third kappa shape index (κ3) is 3.77. The largest absolute Gasteiger partial charge is 0.320 e. The maximum Gasteiger partial charge on any atom is 0.273 e. The smallest absolute Gasteiger partial charge is 0.273 e. The zero-order chi connectivity index (χ0) is 21.1. The molecule has 6 heteroatoms. The van der Waals surface area contributed by atoms with Crippen molar-refractivity contribution in [1.29, 1.82) is 0 Å². The normalized spacial score (nSPS) is 11.8. The van der Waals surface area contributed by atoms with Gasteiger partial charge in [-0.3, -0.25) is 9.10 Å². The van der Waals surface area contributed by atoms with Crippen molar-refractivity contribution in [3.05, 3.63) is 106 Å². The van der Waals surface area contributed by atoms with Crippen LogP contribution < -0.4 is 9.86 Å². The molecular weight excluding hydrogens is 396 g/mol. The standard InChI is InChI=1S/C24H20N2O3S/c1-26(30(28,29)17-16-18-10-4-2-5-11-18)23-22(19-12-6-3-7-13-19)20-14-8-9-15-21(20)25-24(23)27/h2-17H,1H3,(H,25,27)/b17-16+. The molecule has 5 nitrogen and oxygen atoms in total. The summed E-state index contributed by atoms with van der Waals surface area (Å²) in [6.45, 7) is 0. The molecule has 4 aromatic rings. The Bertz CT molecular complexity index is 1380. The first-order chi connectivity index (χ1) is 14.5. The van der Waals surface area contributed by atoms with E-state index in [1.807, 2.05) is 78.9 Å². The Morgan fingerprint density at radius 2 is 1.43 bits per heavy atom. The number of nitrogens with one attached hydrogen (secondary N) is 1. The van der Waals surface area contributed by atoms with Gasteiger partial charge in [-0.05, 0) is 23.3 Å². The van der Waals surface area contributed by atoms with E-state index in [1.54, 1.807) is 6.07 Å². The molecule has 0 fully saturated rings. The van der Waals surface area contributed by atoms with Gasteiger partial charge in [0.2, 0.25) is 0 Å². The van der Waals surface area contributed by atoms with E-state index in [-0.39, 0.29) is 5.69 Å². The number of aromatic nitrogens is 1. The number of fused-ring (bicyclic) bond motifs is 1. The van der Waals surface area contributed by atoms with Crippen molar-refractivity contribution in [2.24, 2.45) is 0 Å². The van der Waals surface area contributed by atoms with E-state index in [0.717, 1.165) is 26.2 Å². The number of aromatic amines is 1. The SMILES string of the molecule is CN(c1c(-c2ccccc2)c2ccccc2[nH]c1=O)S(=O)(=O)/C=C/c1ccccc1. The third-order valence-corrected chi connectivity index (χ3v) is 6.31. The molecule has 4 rings (SSSR count). The molecule has 30 heavy (non-hydrogen) atoms. The zero-order valence-corrected chi connectivity index (χ0v) is 17.1. The molecule has 0 atom stereocenters. The van der Waals surface area contributed by atoms with Crippen molar-refractivity contribution < 1.29 is 8.42 Å². The van der Waals surface area contributed by atoms with Gasteiger partial charge in [0.1, 0.15) is 5.69 Å². The molecule has 0 saturated carbocycles. The molecule has 150 valence electrons. The van der Waals surface area contributed by atoms with Gasteiger partial charge in [0.15, 0.2) is 0 Å². The Hall–Kier alpha value is -3.64. The van der Waals surface area contributed by atoms with Crippen molar-refractivity contribution in [3.63, 3.8) is 0 Å². The first kappa shape index (κ1) is 19.7. The first-order valence-electron chi connectivity index (χ1n) is 9.40. The maximum atomic E-state index is 13.1. The lowest BCUT2D eigenvalue weighted by atomic mass is 9.99. The molecule has 0 radical (unpaired) electrons. The van der Waals surface area contributed by atoms with Crippen LogP contribution in [0.1, 0.15) is 5.56 Å². The summed E-state index contributed by atoms with van der Waals surface area (Å²) < 4.78 is 27.2. The highest BCUT2D eigenvalue weighted by atomic mass is 32.2. The van der Waals surface area contributed by atoms with Crippen LogP contribution in [-0.2, 0) is 10.0 Å². The monoisotopic (exact) mass is 416 g/mol. The quantitative estimate of drug-likeness (QED) is 0.516. The van der Waals surface area contributed by atoms with Crippen LogP contribution in [0, 0.1) is 0 Å². The summed E-state index contributed by atoms with van der Waals surface area (Å²) in [5, 5.41) is 1.89. The number of hydrogen-bond acceptors (Lipinski definition) is 3. The van der Waals surface area contributed by atoms with E-state index in [2.05, 4.69) is 4.98 Å². The number of H-pyrrole nitrogens is 1. The fourth-order valence-electron chi connectivity index (χ4n) is 3.38. The average Bonchev–Trinajstić information content (AvgIpc) is 2.77. The predicted molar refractivity (Wildman–Crippen MR) is 123 cm³/mol. The molecule has 0 unspecified atom stereocenters. The van der Waals surface area contributed by atoms with E-state index in [0.29, 0.717) is 11.1 Å². The number of hydrogen-bond donors (Lipinski definition) is 1. The number of sulfonamides is 1. The summed E-state index contributed by atoms with van der Waals surface area (Å²) in [6, 6.07) is 25.8. The number of benzene rings is 3. The van der Waals surface area contributed by atoms with Gasteiger partial charge in [0, 0.05) is 23.5 Å². The van der Waals surface area contributed by atoms with Gasteiger partial charge in [-0.15, -0.1) is 0 Å². The molecule has 0 bridgehead atoms. The van der Waals surface area contributed by atoms with Gasteiger partial charge in [-0.25, -0.2) is 8.42 Å². The van der Waals surface area contributed by atoms with Crippen LogP contribution in [0.2, 0.25) is 0 Å². The molecule has 0 aliphatic rings. The van der Waals surface area contributed by atoms with Gasteiger partial charge in [0.25, 0.3) is 15.6 Å². The number of anilines is 1. The van der Waals surface area contributed by atoms with Crippen molar-refractivity contribution in [2.45, 2.75) is 0 Å². The van der Waals surface area contributed by atoms with Crippen LogP contribution in [0.3, 0.4) is 0 Å². The van der Waals surface area contributed by atoms with E-state index in [9.17, 15) is 13.2 Å². The van der Waals surface area contributed by atoms with E-state index in [1.165, 1.54) is 13.1 Å². The van der Waals surface area contributed by atoms with Gasteiger partial charge in [0.05, 0.1) is 5.41 Å². The lowest BCUT2D eigenvalue weighted by Crippen LogP contribution is -2.30. The molecule has 3 aromatic carbocycles. The number of rotatable bonds is 5. The molecule has 0 aliphatic carbocycles. The van der Waals surface area contributed by atoms with Crippen LogP contribution in [0.5, 0.6) is 0 Å². The summed E-state index contributed by atoms with van der Waals surface area (Å²) in [6.07, 6.45) is 1.52. The van der Waals surface area contributed by atoms with Crippen LogP contribution in [0.4, 0.5) is 5.69 Å². The fraction of sp³-hybridized carbons (Fsp3) is 0.0417. The lowest BCUT2D eigenvalue weighted by molar-refractivity contribution is 0.603. The number of pyridine rings is 1. The second kappa shape index (κ2) is 8.00. The Balaban J connectivity index is 1.91. The Labute approximate surface area is 175 Å². The van der Waals surface area contributed by atoms with E-state index >= 15 is 0 Å². The zero-order valence-electron chi connectivity index (χ0n) is 16.3. The van der Waals surface area contributed by atoms with E-state index < -0.39 is 15.6 Å². The van der Waals surface area contributed by atoms with Crippen LogP contribution in [0.25, 0.3) is 28.1 Å². The second-order valence-corrected chi connectivity index (χ2v) is 8.67. The molecule has 1 aromatic heterocycles. The van der Waals surface area contributed by atoms with Crippen molar-refractivity contribution in [2.75, 3.05) is 11.4 Å². The molecule has 0 saturated heterocycles. The molecule has 0 amide bonds. The Morgan fingerprint density at radius 3 is 2.13 bits per heavy atom. The van der Waals surface area contributed by atoms with Crippen LogP contribution in [0.15, 0.2) is 95.1 Å². The summed E-state index contributed by atoms with van der Waals surface area (Å²) in [5.74, 6) is 0. The molecular formula is C24H20N2O3S. The minimum absolute atomic E-state index is 0.0811. The first-order valence-corrected chi connectivity index (χ1v) is 10.9. The molecule has 0 spiro atoms. The molecule has 1 heterocycles. The fourth-order valence-corrected chi connectivity index (χ4v) is 4.32. The van der Waals surface area contributed by atoms with Crippen LogP contribution >= 0.6 is 0 Å². The summed E-state index contributed by atoms with van der Waals surface area (Å²) in [4.78, 5) is 15.8. The summed E-state index contributed by atoms with van der Waals surface area (Å²) in [5.41, 5.74) is 2.36. The van der Waals surface area contributed by atoms with Crippen molar-refractivity contribution in [3.8, 4) is 11.1 Å². The highest BCUT2D eigenvalue weighted by molar-refractivity contribution is 7.95. The minimum atomic E-state index is -3.90. The minimum Gasteiger partial charge on any atom is -0.320 e. The van der Waals surface area contributed by atoms with E-state index in [4.69, 9.17) is 0 Å². The van der Waals surface area contributed by atoms with Crippen molar-refractivity contribution in [1.82, 2.24) is 4.98 Å². The van der Waals surface area contributed by atoms with Crippen molar-refractivity contribution >= 4 is 32.7 Å². The molecule has 0 aliphatic heterocycles. The highest BCUT2D eigenvalue weighted by Gasteiger charge is 2.24. The predicted octanol–water partition coefficient (Wildman–Crippen LogP) is 4.63. The summed E-state index contributed by atoms with van der Waals surface area (Å²) >= 11 is 0. The maximum absolute atomic E-state index is 13.1. The van der Waals surface area contributed by atoms with Gasteiger partial charge in [-0.1, -0.05) is 78.9 Å². The van der Waals surface area contributed by atoms with Gasteiger partial charge < -0.3 is 4.98 Å². The number of nitrogens with zero attached hydrogens (tertiary/aromatic N) is 1. The van der Waals surface area contributed by atoms with Gasteiger partial charge in [-0.2, -0.15) is 0 Å². The summed E-state index contributed by atoms with van der Waals surface area (Å²) in [7, 11) is -2.50. The second-order valence-electron chi connectivity index (χ2n) is 6.82. The lowest BCUT2D eigenvalue weighted by Gasteiger charge is -2.21. The Morgan fingerprint density at radius 1 is 0.833 bits per heavy atom. The molecule has 1 N–H and O–H groups in total. The third-order valence-electron chi connectivity index (χ3n) is 4.89. The average molecular weight is 417 g/mol. The van der Waals surface area contributed by atoms with Crippen LogP contribution in [-0.4, -0.2) is 20.4 Å². The number of para-hydroxylation sites is 1. The van der Waals surface area contributed by atoms with Gasteiger partial charge >= 0.3 is 0 Å². The Kier molecular flexibility index (Phi) is 5.25.